The van der Waals surface area contributed by atoms with Crippen molar-refractivity contribution in [3.63, 3.8) is 0 Å². The molecule has 0 aliphatic rings. The summed E-state index contributed by atoms with van der Waals surface area (Å²) in [5.41, 5.74) is 0. The first-order valence-electron chi connectivity index (χ1n) is 1.60. The van der Waals surface area contributed by atoms with Crippen LogP contribution in [-0.4, -0.2) is 9.66 Å². The molecule has 0 fully saturated rings. The summed E-state index contributed by atoms with van der Waals surface area (Å²) in [5.74, 6) is 0. The van der Waals surface area contributed by atoms with Gasteiger partial charge in [-0.3, -0.25) is 0 Å². The maximum absolute atomic E-state index is 11.4. The molecule has 0 aromatic heterocycles. The highest BCUT2D eigenvalue weighted by molar-refractivity contribution is 9.25. The van der Waals surface area contributed by atoms with Gasteiger partial charge in [0.05, 0.1) is 0 Å². The van der Waals surface area contributed by atoms with Crippen LogP contribution in [0.25, 0.3) is 0 Å². The van der Waals surface area contributed by atoms with E-state index in [0.29, 0.717) is 0 Å². The van der Waals surface area contributed by atoms with E-state index >= 15 is 0 Å². The van der Waals surface area contributed by atoms with E-state index in [9.17, 15) is 8.78 Å². The molecule has 0 aromatic carbocycles. The lowest BCUT2D eigenvalue weighted by molar-refractivity contribution is 0.144. The Morgan fingerprint density at radius 3 is 1.57 bits per heavy atom. The van der Waals surface area contributed by atoms with Crippen LogP contribution in [0.4, 0.5) is 8.78 Å². The number of hydrogen-bond acceptors (Lipinski definition) is 0. The van der Waals surface area contributed by atoms with Crippen LogP contribution >= 0.6 is 31.9 Å². The second-order valence-electron chi connectivity index (χ2n) is 1.26. The second kappa shape index (κ2) is 2.40. The minimum Gasteiger partial charge on any atom is -0.208 e. The predicted molar refractivity (Wildman–Crippen MR) is 32.3 cm³/mol. The van der Waals surface area contributed by atoms with Crippen molar-refractivity contribution >= 4 is 31.9 Å². The van der Waals surface area contributed by atoms with Gasteiger partial charge in [0.15, 0.2) is 0 Å². The van der Waals surface area contributed by atoms with Gasteiger partial charge in [-0.05, 0) is 6.92 Å². The topological polar surface area (TPSA) is 0 Å². The van der Waals surface area contributed by atoms with Crippen LogP contribution in [0, 0.1) is 0 Å². The van der Waals surface area contributed by atoms with E-state index < -0.39 is 9.66 Å². The number of alkyl halides is 4. The molecule has 0 spiro atoms. The average molecular weight is 238 g/mol. The maximum atomic E-state index is 11.4. The Morgan fingerprint density at radius 1 is 1.43 bits per heavy atom. The molecular weight excluding hydrogens is 234 g/mol. The van der Waals surface area contributed by atoms with Gasteiger partial charge in [0.2, 0.25) is 0 Å². The van der Waals surface area contributed by atoms with E-state index in [1.54, 1.807) is 0 Å². The molecule has 0 unspecified atom stereocenters. The average Bonchev–Trinajstić information content (AvgIpc) is 1.31. The summed E-state index contributed by atoms with van der Waals surface area (Å²) in [6.07, 6.45) is -2.37. The summed E-state index contributed by atoms with van der Waals surface area (Å²) in [5, 5.41) is 0. The van der Waals surface area contributed by atoms with E-state index in [-0.39, 0.29) is 0 Å². The Bertz CT molecular complexity index is 56.4. The molecular formula is C3H4Br2F2. The molecule has 0 radical (unpaired) electrons. The van der Waals surface area contributed by atoms with Gasteiger partial charge in [-0.1, -0.05) is 31.9 Å². The van der Waals surface area contributed by atoms with Crippen molar-refractivity contribution in [3.8, 4) is 0 Å². The smallest absolute Gasteiger partial charge is 0.208 e. The van der Waals surface area contributed by atoms with Crippen molar-refractivity contribution in [2.45, 2.75) is 16.6 Å². The highest BCUT2D eigenvalue weighted by Gasteiger charge is 2.27. The van der Waals surface area contributed by atoms with E-state index in [0.717, 1.165) is 0 Å². The fourth-order valence-electron chi connectivity index (χ4n) is 0. The fourth-order valence-corrected chi connectivity index (χ4v) is 0. The molecule has 4 heteroatoms. The third kappa shape index (κ3) is 3.41. The Labute approximate surface area is 57.5 Å². The number of hydrogen-bond donors (Lipinski definition) is 0. The third-order valence-corrected chi connectivity index (χ3v) is 1.08. The molecule has 0 bridgehead atoms. The zero-order chi connectivity index (χ0) is 6.08. The highest BCUT2D eigenvalue weighted by atomic mass is 79.9. The Hall–Kier alpha value is 0.820. The van der Waals surface area contributed by atoms with Crippen LogP contribution < -0.4 is 0 Å². The molecule has 0 aromatic rings. The summed E-state index contributed by atoms with van der Waals surface area (Å²) in [7, 11) is 0. The van der Waals surface area contributed by atoms with Crippen LogP contribution in [0.3, 0.4) is 0 Å². The Morgan fingerprint density at radius 2 is 1.57 bits per heavy atom. The van der Waals surface area contributed by atoms with Crippen molar-refractivity contribution in [1.29, 1.82) is 0 Å². The van der Waals surface area contributed by atoms with E-state index in [4.69, 9.17) is 0 Å². The second-order valence-corrected chi connectivity index (χ2v) is 5.62. The zero-order valence-corrected chi connectivity index (χ0v) is 6.76. The predicted octanol–water partition coefficient (Wildman–Crippen LogP) is 2.76. The molecule has 0 saturated carbocycles. The summed E-state index contributed by atoms with van der Waals surface area (Å²) < 4.78 is 21.7. The standard InChI is InChI=1S/C3H4Br2F2/c1-3(4,5)2(6)7/h2H,1H3. The van der Waals surface area contributed by atoms with Crippen molar-refractivity contribution in [3.05, 3.63) is 0 Å². The normalized spacial score (nSPS) is 12.9. The summed E-state index contributed by atoms with van der Waals surface area (Å²) >= 11 is 5.42. The largest absolute Gasteiger partial charge is 0.263 e. The first kappa shape index (κ1) is 7.82. The lowest BCUT2D eigenvalue weighted by Gasteiger charge is -2.10. The molecule has 0 amide bonds. The summed E-state index contributed by atoms with van der Waals surface area (Å²) in [4.78, 5) is 0. The van der Waals surface area contributed by atoms with Crippen LogP contribution in [0.2, 0.25) is 0 Å². The molecule has 7 heavy (non-hydrogen) atoms. The van der Waals surface area contributed by atoms with Crippen molar-refractivity contribution < 1.29 is 8.78 Å². The SMILES string of the molecule is CC(Br)(Br)C(F)F. The zero-order valence-electron chi connectivity index (χ0n) is 3.59. The maximum Gasteiger partial charge on any atom is 0.263 e. The Balaban J connectivity index is 3.54. The molecule has 0 saturated heterocycles. The van der Waals surface area contributed by atoms with E-state index in [2.05, 4.69) is 31.9 Å². The van der Waals surface area contributed by atoms with Crippen LogP contribution in [0.15, 0.2) is 0 Å². The van der Waals surface area contributed by atoms with Gasteiger partial charge in [0.1, 0.15) is 3.23 Å². The molecule has 0 aliphatic carbocycles. The molecule has 0 rings (SSSR count). The molecule has 0 aliphatic heterocycles. The first-order chi connectivity index (χ1) is 2.94. The van der Waals surface area contributed by atoms with Gasteiger partial charge < -0.3 is 0 Å². The lowest BCUT2D eigenvalue weighted by atomic mass is 10.5. The number of halogens is 4. The highest BCUT2D eigenvalue weighted by Crippen LogP contribution is 2.31. The van der Waals surface area contributed by atoms with Gasteiger partial charge in [-0.2, -0.15) is 0 Å². The summed E-state index contributed by atoms with van der Waals surface area (Å²) in [6.45, 7) is 1.34. The minimum atomic E-state index is -2.37. The fraction of sp³-hybridized carbons (Fsp3) is 1.00. The van der Waals surface area contributed by atoms with Gasteiger partial charge in [0.25, 0.3) is 6.43 Å². The van der Waals surface area contributed by atoms with Crippen LogP contribution in [-0.2, 0) is 0 Å². The van der Waals surface area contributed by atoms with Crippen molar-refractivity contribution in [2.75, 3.05) is 0 Å². The van der Waals surface area contributed by atoms with Crippen molar-refractivity contribution in [1.82, 2.24) is 0 Å². The third-order valence-electron chi connectivity index (χ3n) is 0.383. The molecule has 0 nitrogen and oxygen atoms in total. The van der Waals surface area contributed by atoms with Gasteiger partial charge in [-0.25, -0.2) is 8.78 Å². The quantitative estimate of drug-likeness (QED) is 0.616. The van der Waals surface area contributed by atoms with Gasteiger partial charge >= 0.3 is 0 Å². The molecule has 0 heterocycles. The minimum absolute atomic E-state index is 1.21. The van der Waals surface area contributed by atoms with Crippen molar-refractivity contribution in [2.24, 2.45) is 0 Å². The monoisotopic (exact) mass is 236 g/mol. The van der Waals surface area contributed by atoms with Gasteiger partial charge in [0, 0.05) is 0 Å². The molecule has 0 atom stereocenters. The summed E-state index contributed by atoms with van der Waals surface area (Å²) in [6, 6.07) is 0. The van der Waals surface area contributed by atoms with E-state index in [1.807, 2.05) is 0 Å². The van der Waals surface area contributed by atoms with Crippen LogP contribution in [0.5, 0.6) is 0 Å². The Kier molecular flexibility index (Phi) is 2.68. The number of rotatable bonds is 1. The van der Waals surface area contributed by atoms with E-state index in [1.165, 1.54) is 6.92 Å². The van der Waals surface area contributed by atoms with Crippen LogP contribution in [0.1, 0.15) is 6.92 Å². The molecule has 44 valence electrons. The first-order valence-corrected chi connectivity index (χ1v) is 3.19. The lowest BCUT2D eigenvalue weighted by Crippen LogP contribution is -2.16. The van der Waals surface area contributed by atoms with Gasteiger partial charge in [-0.15, -0.1) is 0 Å². The molecule has 0 N–H and O–H groups in total.